The zero-order valence-electron chi connectivity index (χ0n) is 11.8. The maximum Gasteiger partial charge on any atom is 0.0894 e. The van der Waals surface area contributed by atoms with Gasteiger partial charge in [0.15, 0.2) is 0 Å². The van der Waals surface area contributed by atoms with E-state index in [4.69, 9.17) is 0 Å². The first kappa shape index (κ1) is 13.2. The Labute approximate surface area is 120 Å². The second-order valence-electron chi connectivity index (χ2n) is 5.60. The molecule has 2 aromatic rings. The topological polar surface area (TPSA) is 42.7 Å². The minimum Gasteiger partial charge on any atom is -0.383 e. The fourth-order valence-corrected chi connectivity index (χ4v) is 2.98. The van der Waals surface area contributed by atoms with Crippen molar-refractivity contribution in [2.45, 2.75) is 38.5 Å². The molecule has 0 bridgehead atoms. The Morgan fingerprint density at radius 3 is 2.65 bits per heavy atom. The van der Waals surface area contributed by atoms with Crippen LogP contribution in [0.2, 0.25) is 0 Å². The number of benzene rings is 1. The largest absolute Gasteiger partial charge is 0.383 e. The van der Waals surface area contributed by atoms with Crippen LogP contribution in [-0.2, 0) is 0 Å². The van der Waals surface area contributed by atoms with Crippen molar-refractivity contribution in [2.24, 2.45) is 5.92 Å². The van der Waals surface area contributed by atoms with Gasteiger partial charge in [-0.1, -0.05) is 43.0 Å². The minimum atomic E-state index is 0.807. The van der Waals surface area contributed by atoms with Crippen LogP contribution >= 0.6 is 0 Å². The lowest BCUT2D eigenvalue weighted by Gasteiger charge is -2.17. The van der Waals surface area contributed by atoms with Crippen LogP contribution in [0.3, 0.4) is 0 Å². The molecule has 0 spiro atoms. The predicted molar refractivity (Wildman–Crippen MR) is 81.0 cm³/mol. The third kappa shape index (κ3) is 3.18. The first-order valence-corrected chi connectivity index (χ1v) is 7.63. The first-order valence-electron chi connectivity index (χ1n) is 7.63. The molecule has 1 aliphatic rings. The van der Waals surface area contributed by atoms with Gasteiger partial charge in [0.25, 0.3) is 0 Å². The molecule has 1 N–H and O–H groups in total. The Hall–Kier alpha value is -1.84. The van der Waals surface area contributed by atoms with E-state index in [1.54, 1.807) is 6.20 Å². The fraction of sp³-hybridized carbons (Fsp3) is 0.500. The molecular weight excluding hydrogens is 248 g/mol. The maximum atomic E-state index is 4.08. The highest BCUT2D eigenvalue weighted by molar-refractivity contribution is 5.60. The summed E-state index contributed by atoms with van der Waals surface area (Å²) in [6.07, 6.45) is 11.9. The average molecular weight is 270 g/mol. The van der Waals surface area contributed by atoms with Crippen LogP contribution in [0.25, 0.3) is 5.69 Å². The van der Waals surface area contributed by atoms with E-state index < -0.39 is 0 Å². The Kier molecular flexibility index (Phi) is 4.31. The normalized spacial score (nSPS) is 16.8. The maximum absolute atomic E-state index is 4.08. The van der Waals surface area contributed by atoms with Gasteiger partial charge in [-0.2, -0.15) is 0 Å². The van der Waals surface area contributed by atoms with Crippen molar-refractivity contribution in [1.29, 1.82) is 0 Å². The number of aromatic nitrogens is 3. The summed E-state index contributed by atoms with van der Waals surface area (Å²) < 4.78 is 1.81. The summed E-state index contributed by atoms with van der Waals surface area (Å²) in [5, 5.41) is 11.6. The van der Waals surface area contributed by atoms with Crippen LogP contribution in [0.1, 0.15) is 38.5 Å². The van der Waals surface area contributed by atoms with Gasteiger partial charge in [-0.25, -0.2) is 4.68 Å². The summed E-state index contributed by atoms with van der Waals surface area (Å²) in [5.74, 6) is 0.807. The van der Waals surface area contributed by atoms with Crippen LogP contribution in [0, 0.1) is 5.92 Å². The molecule has 0 unspecified atom stereocenters. The molecule has 106 valence electrons. The van der Waals surface area contributed by atoms with Gasteiger partial charge in [0.2, 0.25) is 0 Å². The van der Waals surface area contributed by atoms with Gasteiger partial charge >= 0.3 is 0 Å². The molecule has 1 aromatic carbocycles. The third-order valence-corrected chi connectivity index (χ3v) is 4.13. The summed E-state index contributed by atoms with van der Waals surface area (Å²) in [6, 6.07) is 8.29. The molecule has 0 atom stereocenters. The second kappa shape index (κ2) is 6.55. The highest BCUT2D eigenvalue weighted by atomic mass is 15.4. The van der Waals surface area contributed by atoms with Crippen molar-refractivity contribution in [1.82, 2.24) is 15.0 Å². The van der Waals surface area contributed by atoms with Crippen LogP contribution in [-0.4, -0.2) is 21.5 Å². The SMILES string of the molecule is c1ccc(-n2ccnn2)c(NCC2CCCCCC2)c1. The van der Waals surface area contributed by atoms with Gasteiger partial charge in [0.1, 0.15) is 0 Å². The fourth-order valence-electron chi connectivity index (χ4n) is 2.98. The van der Waals surface area contributed by atoms with E-state index in [-0.39, 0.29) is 0 Å². The van der Waals surface area contributed by atoms with Gasteiger partial charge in [-0.05, 0) is 30.9 Å². The zero-order valence-corrected chi connectivity index (χ0v) is 11.8. The van der Waals surface area contributed by atoms with E-state index in [0.29, 0.717) is 0 Å². The number of para-hydroxylation sites is 2. The molecule has 0 amide bonds. The standard InChI is InChI=1S/C16H22N4/c1-2-4-8-14(7-3-1)13-17-15-9-5-6-10-16(15)20-12-11-18-19-20/h5-6,9-12,14,17H,1-4,7-8,13H2. The van der Waals surface area contributed by atoms with Crippen molar-refractivity contribution in [3.05, 3.63) is 36.7 Å². The van der Waals surface area contributed by atoms with Crippen molar-refractivity contribution < 1.29 is 0 Å². The Bertz CT molecular complexity index is 513. The molecule has 1 aliphatic carbocycles. The molecule has 3 rings (SSSR count). The highest BCUT2D eigenvalue weighted by Gasteiger charge is 2.13. The summed E-state index contributed by atoms with van der Waals surface area (Å²) in [7, 11) is 0. The van der Waals surface area contributed by atoms with Gasteiger partial charge in [0.05, 0.1) is 23.8 Å². The molecule has 1 saturated carbocycles. The molecule has 4 heteroatoms. The molecule has 1 heterocycles. The van der Waals surface area contributed by atoms with E-state index in [2.05, 4.69) is 33.8 Å². The van der Waals surface area contributed by atoms with Crippen LogP contribution in [0.5, 0.6) is 0 Å². The molecule has 1 aromatic heterocycles. The van der Waals surface area contributed by atoms with Crippen molar-refractivity contribution in [2.75, 3.05) is 11.9 Å². The van der Waals surface area contributed by atoms with E-state index in [0.717, 1.165) is 23.8 Å². The summed E-state index contributed by atoms with van der Waals surface area (Å²) in [6.45, 7) is 1.06. The third-order valence-electron chi connectivity index (χ3n) is 4.13. The Morgan fingerprint density at radius 1 is 1.10 bits per heavy atom. The van der Waals surface area contributed by atoms with E-state index in [1.807, 2.05) is 16.9 Å². The lowest BCUT2D eigenvalue weighted by Crippen LogP contribution is -2.15. The lowest BCUT2D eigenvalue weighted by atomic mass is 10.0. The number of anilines is 1. The minimum absolute atomic E-state index is 0.807. The van der Waals surface area contributed by atoms with E-state index in [9.17, 15) is 0 Å². The molecule has 0 saturated heterocycles. The molecule has 1 fully saturated rings. The number of nitrogens with one attached hydrogen (secondary N) is 1. The molecule has 20 heavy (non-hydrogen) atoms. The number of hydrogen-bond donors (Lipinski definition) is 1. The van der Waals surface area contributed by atoms with E-state index >= 15 is 0 Å². The van der Waals surface area contributed by atoms with E-state index in [1.165, 1.54) is 38.5 Å². The molecule has 0 aliphatic heterocycles. The second-order valence-corrected chi connectivity index (χ2v) is 5.60. The Balaban J connectivity index is 1.68. The summed E-state index contributed by atoms with van der Waals surface area (Å²) >= 11 is 0. The lowest BCUT2D eigenvalue weighted by molar-refractivity contribution is 0.483. The number of hydrogen-bond acceptors (Lipinski definition) is 3. The molecular formula is C16H22N4. The van der Waals surface area contributed by atoms with Gasteiger partial charge in [-0.15, -0.1) is 5.10 Å². The number of nitrogens with zero attached hydrogens (tertiary/aromatic N) is 3. The summed E-state index contributed by atoms with van der Waals surface area (Å²) in [5.41, 5.74) is 2.21. The monoisotopic (exact) mass is 270 g/mol. The Morgan fingerprint density at radius 2 is 1.90 bits per heavy atom. The van der Waals surface area contributed by atoms with Crippen molar-refractivity contribution in [3.63, 3.8) is 0 Å². The number of rotatable bonds is 4. The first-order chi connectivity index (χ1) is 9.93. The highest BCUT2D eigenvalue weighted by Crippen LogP contribution is 2.25. The van der Waals surface area contributed by atoms with Crippen LogP contribution in [0.4, 0.5) is 5.69 Å². The smallest absolute Gasteiger partial charge is 0.0894 e. The zero-order chi connectivity index (χ0) is 13.6. The van der Waals surface area contributed by atoms with Crippen LogP contribution < -0.4 is 5.32 Å². The van der Waals surface area contributed by atoms with Gasteiger partial charge in [-0.3, -0.25) is 0 Å². The van der Waals surface area contributed by atoms with Crippen molar-refractivity contribution in [3.8, 4) is 5.69 Å². The average Bonchev–Trinajstić information content (AvgIpc) is 2.89. The van der Waals surface area contributed by atoms with Crippen LogP contribution in [0.15, 0.2) is 36.7 Å². The predicted octanol–water partition coefficient (Wildman–Crippen LogP) is 3.65. The quantitative estimate of drug-likeness (QED) is 0.862. The van der Waals surface area contributed by atoms with Gasteiger partial charge < -0.3 is 5.32 Å². The molecule has 4 nitrogen and oxygen atoms in total. The van der Waals surface area contributed by atoms with Gasteiger partial charge in [0, 0.05) is 6.54 Å². The summed E-state index contributed by atoms with van der Waals surface area (Å²) in [4.78, 5) is 0. The van der Waals surface area contributed by atoms with Crippen molar-refractivity contribution >= 4 is 5.69 Å². The molecule has 0 radical (unpaired) electrons.